The molecule has 5 heteroatoms. The molecule has 0 aliphatic carbocycles. The van der Waals surface area contributed by atoms with Crippen LogP contribution >= 0.6 is 15.9 Å². The Bertz CT molecular complexity index is 499. The highest BCUT2D eigenvalue weighted by atomic mass is 79.9. The maximum absolute atomic E-state index is 11.5. The maximum Gasteiger partial charge on any atom is 0.175 e. The van der Waals surface area contributed by atoms with E-state index in [2.05, 4.69) is 29.8 Å². The topological polar surface area (TPSA) is 43.4 Å². The lowest BCUT2D eigenvalue weighted by Gasteiger charge is -2.29. The summed E-state index contributed by atoms with van der Waals surface area (Å²) in [6, 6.07) is 6.66. The highest BCUT2D eigenvalue weighted by Crippen LogP contribution is 2.30. The third kappa shape index (κ3) is 4.49. The van der Waals surface area contributed by atoms with Crippen molar-refractivity contribution < 1.29 is 13.2 Å². The second-order valence-corrected chi connectivity index (χ2v) is 7.45. The summed E-state index contributed by atoms with van der Waals surface area (Å²) in [6.07, 6.45) is 3.23. The first-order chi connectivity index (χ1) is 8.87. The Labute approximate surface area is 124 Å². The molecule has 0 aromatic heterocycles. The molecule has 0 amide bonds. The van der Waals surface area contributed by atoms with Crippen molar-refractivity contribution in [1.82, 2.24) is 0 Å². The molecule has 0 bridgehead atoms. The first-order valence-electron chi connectivity index (χ1n) is 6.36. The minimum atomic E-state index is -3.19. The van der Waals surface area contributed by atoms with Gasteiger partial charge < -0.3 is 4.74 Å². The lowest BCUT2D eigenvalue weighted by Crippen LogP contribution is -2.29. The molecule has 0 fully saturated rings. The molecule has 0 radical (unpaired) electrons. The standard InChI is InChI=1S/C14H21BrO3S/c1-4-14(5-2,10-15)11-18-12-7-6-8-13(9-12)19(3,16)17/h6-9H,4-5,10-11H2,1-3H3. The van der Waals surface area contributed by atoms with Crippen molar-refractivity contribution in [2.24, 2.45) is 5.41 Å². The van der Waals surface area contributed by atoms with Crippen LogP contribution in [0.5, 0.6) is 5.75 Å². The predicted octanol–water partition coefficient (Wildman–Crippen LogP) is 3.67. The van der Waals surface area contributed by atoms with Gasteiger partial charge in [0.2, 0.25) is 0 Å². The number of hydrogen-bond acceptors (Lipinski definition) is 3. The minimum Gasteiger partial charge on any atom is -0.493 e. The fourth-order valence-corrected chi connectivity index (χ4v) is 3.32. The van der Waals surface area contributed by atoms with Gasteiger partial charge in [-0.25, -0.2) is 8.42 Å². The van der Waals surface area contributed by atoms with Crippen LogP contribution in [0.25, 0.3) is 0 Å². The SMILES string of the molecule is CCC(CC)(CBr)COc1cccc(S(C)(=O)=O)c1. The van der Waals surface area contributed by atoms with Crippen LogP contribution in [-0.4, -0.2) is 26.6 Å². The monoisotopic (exact) mass is 348 g/mol. The molecular weight excluding hydrogens is 328 g/mol. The predicted molar refractivity (Wildman–Crippen MR) is 81.9 cm³/mol. The second kappa shape index (κ2) is 6.75. The third-order valence-electron chi connectivity index (χ3n) is 3.56. The Balaban J connectivity index is 2.84. The average Bonchev–Trinajstić information content (AvgIpc) is 2.40. The van der Waals surface area contributed by atoms with Gasteiger partial charge in [0, 0.05) is 17.0 Å². The van der Waals surface area contributed by atoms with Crippen LogP contribution < -0.4 is 4.74 Å². The van der Waals surface area contributed by atoms with Crippen molar-refractivity contribution in [3.63, 3.8) is 0 Å². The van der Waals surface area contributed by atoms with Gasteiger partial charge in [0.15, 0.2) is 9.84 Å². The van der Waals surface area contributed by atoms with Crippen LogP contribution in [0.2, 0.25) is 0 Å². The van der Waals surface area contributed by atoms with E-state index in [4.69, 9.17) is 4.74 Å². The van der Waals surface area contributed by atoms with Crippen LogP contribution in [0, 0.1) is 5.41 Å². The largest absolute Gasteiger partial charge is 0.493 e. The molecule has 0 aliphatic heterocycles. The van der Waals surface area contributed by atoms with Crippen LogP contribution in [0.1, 0.15) is 26.7 Å². The molecule has 1 aromatic rings. The van der Waals surface area contributed by atoms with Crippen LogP contribution in [0.3, 0.4) is 0 Å². The van der Waals surface area contributed by atoms with Gasteiger partial charge in [-0.3, -0.25) is 0 Å². The number of benzene rings is 1. The van der Waals surface area contributed by atoms with Crippen molar-refractivity contribution in [2.75, 3.05) is 18.2 Å². The zero-order valence-corrected chi connectivity index (χ0v) is 14.1. The first-order valence-corrected chi connectivity index (χ1v) is 9.37. The van der Waals surface area contributed by atoms with Crippen molar-refractivity contribution in [3.8, 4) is 5.75 Å². The molecule has 0 N–H and O–H groups in total. The third-order valence-corrected chi connectivity index (χ3v) is 5.86. The lowest BCUT2D eigenvalue weighted by molar-refractivity contribution is 0.157. The van der Waals surface area contributed by atoms with Gasteiger partial charge in [0.25, 0.3) is 0 Å². The molecule has 0 aliphatic rings. The van der Waals surface area contributed by atoms with Crippen molar-refractivity contribution >= 4 is 25.8 Å². The van der Waals surface area contributed by atoms with Crippen molar-refractivity contribution in [1.29, 1.82) is 0 Å². The lowest BCUT2D eigenvalue weighted by atomic mass is 9.86. The molecule has 0 saturated carbocycles. The summed E-state index contributed by atoms with van der Waals surface area (Å²) < 4.78 is 28.8. The molecule has 3 nitrogen and oxygen atoms in total. The molecule has 19 heavy (non-hydrogen) atoms. The number of sulfone groups is 1. The van der Waals surface area contributed by atoms with Gasteiger partial charge in [-0.05, 0) is 31.0 Å². The van der Waals surface area contributed by atoms with Crippen LogP contribution in [0.4, 0.5) is 0 Å². The molecule has 1 aromatic carbocycles. The Morgan fingerprint density at radius 3 is 2.37 bits per heavy atom. The van der Waals surface area contributed by atoms with E-state index in [1.165, 1.54) is 6.26 Å². The molecule has 0 unspecified atom stereocenters. The zero-order valence-electron chi connectivity index (χ0n) is 11.6. The maximum atomic E-state index is 11.5. The van der Waals surface area contributed by atoms with E-state index in [0.29, 0.717) is 17.3 Å². The fourth-order valence-electron chi connectivity index (χ4n) is 1.71. The fraction of sp³-hybridized carbons (Fsp3) is 0.571. The number of hydrogen-bond donors (Lipinski definition) is 0. The number of halogens is 1. The minimum absolute atomic E-state index is 0.0983. The zero-order chi connectivity index (χ0) is 14.5. The molecule has 0 atom stereocenters. The second-order valence-electron chi connectivity index (χ2n) is 4.88. The van der Waals surface area contributed by atoms with Gasteiger partial charge >= 0.3 is 0 Å². The van der Waals surface area contributed by atoms with Gasteiger partial charge in [-0.2, -0.15) is 0 Å². The van der Waals surface area contributed by atoms with Gasteiger partial charge in [0.1, 0.15) is 5.75 Å². The van der Waals surface area contributed by atoms with E-state index in [0.717, 1.165) is 18.2 Å². The highest BCUT2D eigenvalue weighted by Gasteiger charge is 2.25. The summed E-state index contributed by atoms with van der Waals surface area (Å²) in [6.45, 7) is 4.86. The average molecular weight is 349 g/mol. The Hall–Kier alpha value is -0.550. The van der Waals surface area contributed by atoms with E-state index in [-0.39, 0.29) is 5.41 Å². The molecule has 0 spiro atoms. The molecular formula is C14H21BrO3S. The van der Waals surface area contributed by atoms with Crippen molar-refractivity contribution in [3.05, 3.63) is 24.3 Å². The van der Waals surface area contributed by atoms with Gasteiger partial charge in [-0.15, -0.1) is 0 Å². The molecule has 0 saturated heterocycles. The Morgan fingerprint density at radius 2 is 1.89 bits per heavy atom. The number of ether oxygens (including phenoxy) is 1. The Kier molecular flexibility index (Phi) is 5.86. The summed E-state index contributed by atoms with van der Waals surface area (Å²) in [5.74, 6) is 0.607. The van der Waals surface area contributed by atoms with Crippen molar-refractivity contribution in [2.45, 2.75) is 31.6 Å². The van der Waals surface area contributed by atoms with E-state index < -0.39 is 9.84 Å². The normalized spacial score (nSPS) is 12.4. The van der Waals surface area contributed by atoms with Gasteiger partial charge in [-0.1, -0.05) is 35.8 Å². The number of rotatable bonds is 7. The summed E-state index contributed by atoms with van der Waals surface area (Å²) in [4.78, 5) is 0.294. The van der Waals surface area contributed by atoms with Crippen LogP contribution in [0.15, 0.2) is 29.2 Å². The first kappa shape index (κ1) is 16.5. The van der Waals surface area contributed by atoms with E-state index in [9.17, 15) is 8.42 Å². The van der Waals surface area contributed by atoms with Crippen LogP contribution in [-0.2, 0) is 9.84 Å². The smallest absolute Gasteiger partial charge is 0.175 e. The summed E-state index contributed by atoms with van der Waals surface area (Å²) >= 11 is 3.54. The molecule has 1 rings (SSSR count). The summed E-state index contributed by atoms with van der Waals surface area (Å²) in [5, 5.41) is 0.874. The van der Waals surface area contributed by atoms with E-state index >= 15 is 0 Å². The molecule has 0 heterocycles. The summed E-state index contributed by atoms with van der Waals surface area (Å²) in [7, 11) is -3.19. The summed E-state index contributed by atoms with van der Waals surface area (Å²) in [5.41, 5.74) is 0.0983. The molecule has 108 valence electrons. The van der Waals surface area contributed by atoms with E-state index in [1.807, 2.05) is 0 Å². The quantitative estimate of drug-likeness (QED) is 0.706. The highest BCUT2D eigenvalue weighted by molar-refractivity contribution is 9.09. The Morgan fingerprint density at radius 1 is 1.26 bits per heavy atom. The number of alkyl halides is 1. The van der Waals surface area contributed by atoms with E-state index in [1.54, 1.807) is 24.3 Å². The van der Waals surface area contributed by atoms with Gasteiger partial charge in [0.05, 0.1) is 11.5 Å².